The van der Waals surface area contributed by atoms with Crippen LogP contribution in [0.25, 0.3) is 0 Å². The van der Waals surface area contributed by atoms with Crippen molar-refractivity contribution >= 4 is 5.91 Å². The average molecular weight is 143 g/mol. The number of hydrogen-bond acceptors (Lipinski definition) is 3. The average Bonchev–Trinajstić information content (AvgIpc) is 2.05. The minimum absolute atomic E-state index is 0.0567. The van der Waals surface area contributed by atoms with E-state index in [1.54, 1.807) is 0 Å². The van der Waals surface area contributed by atoms with Crippen LogP contribution < -0.4 is 16.6 Å². The first kappa shape index (κ1) is 7.50. The van der Waals surface area contributed by atoms with Crippen LogP contribution in [0, 0.1) is 0 Å². The molecule has 0 spiro atoms. The summed E-state index contributed by atoms with van der Waals surface area (Å²) >= 11 is 0. The van der Waals surface area contributed by atoms with Crippen LogP contribution in [-0.2, 0) is 4.79 Å². The zero-order chi connectivity index (χ0) is 7.40. The maximum absolute atomic E-state index is 10.9. The number of nitrogens with two attached hydrogens (primary N) is 1. The van der Waals surface area contributed by atoms with Crippen molar-refractivity contribution in [1.29, 1.82) is 0 Å². The van der Waals surface area contributed by atoms with E-state index in [1.165, 1.54) is 0 Å². The predicted molar refractivity (Wildman–Crippen MR) is 38.0 cm³/mol. The van der Waals surface area contributed by atoms with E-state index in [-0.39, 0.29) is 11.9 Å². The molecule has 10 heavy (non-hydrogen) atoms. The molecule has 0 bridgehead atoms. The van der Waals surface area contributed by atoms with E-state index in [9.17, 15) is 4.79 Å². The largest absolute Gasteiger partial charge is 0.306 e. The lowest BCUT2D eigenvalue weighted by molar-refractivity contribution is -0.123. The van der Waals surface area contributed by atoms with Crippen LogP contribution in [0.15, 0.2) is 0 Å². The van der Waals surface area contributed by atoms with Crippen LogP contribution in [-0.4, -0.2) is 18.5 Å². The van der Waals surface area contributed by atoms with Gasteiger partial charge in [-0.15, -0.1) is 0 Å². The van der Waals surface area contributed by atoms with Crippen LogP contribution in [0.3, 0.4) is 0 Å². The van der Waals surface area contributed by atoms with Crippen molar-refractivity contribution in [3.63, 3.8) is 0 Å². The zero-order valence-electron chi connectivity index (χ0n) is 5.89. The SMILES string of the molecule is NNC(=O)[C@H]1CCCCN1. The number of hydrazine groups is 1. The molecule has 1 amide bonds. The number of carbonyl (C=O) groups is 1. The molecule has 58 valence electrons. The van der Waals surface area contributed by atoms with E-state index in [0.29, 0.717) is 0 Å². The fraction of sp³-hybridized carbons (Fsp3) is 0.833. The van der Waals surface area contributed by atoms with Gasteiger partial charge in [0.25, 0.3) is 5.91 Å². The number of rotatable bonds is 1. The van der Waals surface area contributed by atoms with Crippen LogP contribution in [0.1, 0.15) is 19.3 Å². The van der Waals surface area contributed by atoms with Gasteiger partial charge in [0.05, 0.1) is 6.04 Å². The van der Waals surface area contributed by atoms with Crippen molar-refractivity contribution < 1.29 is 4.79 Å². The molecule has 1 atom stereocenters. The van der Waals surface area contributed by atoms with Gasteiger partial charge in [-0.2, -0.15) is 0 Å². The lowest BCUT2D eigenvalue weighted by atomic mass is 10.1. The second-order valence-electron chi connectivity index (χ2n) is 2.51. The van der Waals surface area contributed by atoms with E-state index in [2.05, 4.69) is 10.7 Å². The van der Waals surface area contributed by atoms with Gasteiger partial charge in [-0.25, -0.2) is 5.84 Å². The number of amides is 1. The van der Waals surface area contributed by atoms with E-state index in [0.717, 1.165) is 25.8 Å². The summed E-state index contributed by atoms with van der Waals surface area (Å²) < 4.78 is 0. The van der Waals surface area contributed by atoms with Crippen LogP contribution >= 0.6 is 0 Å². The molecule has 1 heterocycles. The summed E-state index contributed by atoms with van der Waals surface area (Å²) in [5.41, 5.74) is 2.13. The van der Waals surface area contributed by atoms with E-state index < -0.39 is 0 Å². The van der Waals surface area contributed by atoms with Crippen LogP contribution in [0.5, 0.6) is 0 Å². The molecule has 1 saturated heterocycles. The smallest absolute Gasteiger partial charge is 0.250 e. The Labute approximate surface area is 60.1 Å². The second-order valence-corrected chi connectivity index (χ2v) is 2.51. The van der Waals surface area contributed by atoms with Crippen molar-refractivity contribution in [2.75, 3.05) is 6.54 Å². The summed E-state index contributed by atoms with van der Waals surface area (Å²) in [5, 5.41) is 3.08. The molecule has 1 rings (SSSR count). The molecule has 0 saturated carbocycles. The molecule has 1 aliphatic heterocycles. The monoisotopic (exact) mass is 143 g/mol. The first-order valence-electron chi connectivity index (χ1n) is 3.58. The summed E-state index contributed by atoms with van der Waals surface area (Å²) in [7, 11) is 0. The number of nitrogens with one attached hydrogen (secondary N) is 2. The first-order valence-corrected chi connectivity index (χ1v) is 3.58. The summed E-state index contributed by atoms with van der Waals surface area (Å²) in [5.74, 6) is 4.87. The highest BCUT2D eigenvalue weighted by atomic mass is 16.2. The molecule has 0 unspecified atom stereocenters. The fourth-order valence-corrected chi connectivity index (χ4v) is 1.18. The summed E-state index contributed by atoms with van der Waals surface area (Å²) in [6.07, 6.45) is 3.18. The van der Waals surface area contributed by atoms with Gasteiger partial charge in [-0.1, -0.05) is 6.42 Å². The van der Waals surface area contributed by atoms with Crippen molar-refractivity contribution in [3.05, 3.63) is 0 Å². The molecular weight excluding hydrogens is 130 g/mol. The molecule has 0 radical (unpaired) electrons. The Kier molecular flexibility index (Phi) is 2.65. The van der Waals surface area contributed by atoms with Gasteiger partial charge in [0.1, 0.15) is 0 Å². The normalized spacial score (nSPS) is 25.9. The van der Waals surface area contributed by atoms with Gasteiger partial charge < -0.3 is 5.32 Å². The molecule has 0 aliphatic carbocycles. The Morgan fingerprint density at radius 2 is 2.40 bits per heavy atom. The molecular formula is C6H13N3O. The van der Waals surface area contributed by atoms with Gasteiger partial charge in [0, 0.05) is 0 Å². The lowest BCUT2D eigenvalue weighted by Crippen LogP contribution is -2.48. The minimum Gasteiger partial charge on any atom is -0.306 e. The van der Waals surface area contributed by atoms with Crippen molar-refractivity contribution in [2.24, 2.45) is 5.84 Å². The molecule has 1 fully saturated rings. The third-order valence-electron chi connectivity index (χ3n) is 1.77. The fourth-order valence-electron chi connectivity index (χ4n) is 1.18. The first-order chi connectivity index (χ1) is 4.84. The van der Waals surface area contributed by atoms with Crippen molar-refractivity contribution in [2.45, 2.75) is 25.3 Å². The number of hydrogen-bond donors (Lipinski definition) is 3. The maximum atomic E-state index is 10.9. The molecule has 1 aliphatic rings. The molecule has 4 N–H and O–H groups in total. The number of carbonyl (C=O) groups excluding carboxylic acids is 1. The topological polar surface area (TPSA) is 67.1 Å². The van der Waals surface area contributed by atoms with Crippen LogP contribution in [0.2, 0.25) is 0 Å². The predicted octanol–water partition coefficient (Wildman–Crippen LogP) is -0.882. The third-order valence-corrected chi connectivity index (χ3v) is 1.77. The van der Waals surface area contributed by atoms with Gasteiger partial charge >= 0.3 is 0 Å². The van der Waals surface area contributed by atoms with Crippen molar-refractivity contribution in [1.82, 2.24) is 10.7 Å². The van der Waals surface area contributed by atoms with E-state index >= 15 is 0 Å². The molecule has 4 nitrogen and oxygen atoms in total. The highest BCUT2D eigenvalue weighted by molar-refractivity contribution is 5.81. The zero-order valence-corrected chi connectivity index (χ0v) is 5.89. The molecule has 0 aromatic heterocycles. The number of piperidine rings is 1. The van der Waals surface area contributed by atoms with Crippen molar-refractivity contribution in [3.8, 4) is 0 Å². The maximum Gasteiger partial charge on any atom is 0.250 e. The van der Waals surface area contributed by atoms with Gasteiger partial charge in [0.2, 0.25) is 0 Å². The standard InChI is InChI=1S/C6H13N3O/c7-9-6(10)5-3-1-2-4-8-5/h5,8H,1-4,7H2,(H,9,10)/t5-/m1/s1. The van der Waals surface area contributed by atoms with Gasteiger partial charge in [-0.05, 0) is 19.4 Å². The molecule has 0 aromatic rings. The third kappa shape index (κ3) is 1.68. The Balaban J connectivity index is 2.31. The van der Waals surface area contributed by atoms with Crippen LogP contribution in [0.4, 0.5) is 0 Å². The molecule has 0 aromatic carbocycles. The van der Waals surface area contributed by atoms with E-state index in [1.807, 2.05) is 0 Å². The Morgan fingerprint density at radius 1 is 1.60 bits per heavy atom. The summed E-state index contributed by atoms with van der Waals surface area (Å²) in [6, 6.07) is -0.0567. The highest BCUT2D eigenvalue weighted by Crippen LogP contribution is 2.05. The Morgan fingerprint density at radius 3 is 2.90 bits per heavy atom. The lowest BCUT2D eigenvalue weighted by Gasteiger charge is -2.21. The van der Waals surface area contributed by atoms with E-state index in [4.69, 9.17) is 5.84 Å². The highest BCUT2D eigenvalue weighted by Gasteiger charge is 2.18. The quantitative estimate of drug-likeness (QED) is 0.253. The minimum atomic E-state index is -0.0975. The second kappa shape index (κ2) is 3.53. The Hall–Kier alpha value is -0.610. The van der Waals surface area contributed by atoms with Gasteiger partial charge in [-0.3, -0.25) is 10.2 Å². The summed E-state index contributed by atoms with van der Waals surface area (Å²) in [4.78, 5) is 10.9. The summed E-state index contributed by atoms with van der Waals surface area (Å²) in [6.45, 7) is 0.929. The Bertz CT molecular complexity index is 120. The molecule has 4 heteroatoms. The van der Waals surface area contributed by atoms with Gasteiger partial charge in [0.15, 0.2) is 0 Å².